The van der Waals surface area contributed by atoms with Crippen molar-refractivity contribution in [1.29, 1.82) is 0 Å². The predicted octanol–water partition coefficient (Wildman–Crippen LogP) is 3.07. The Hall–Kier alpha value is -3.45. The van der Waals surface area contributed by atoms with Gasteiger partial charge >= 0.3 is 0 Å². The lowest BCUT2D eigenvalue weighted by atomic mass is 9.76. The average Bonchev–Trinajstić information content (AvgIpc) is 3.47. The molecule has 2 unspecified atom stereocenters. The Bertz CT molecular complexity index is 1130. The molecule has 2 saturated heterocycles. The number of ether oxygens (including phenoxy) is 1. The summed E-state index contributed by atoms with van der Waals surface area (Å²) in [4.78, 5) is 39.8. The molecule has 2 bridgehead atoms. The van der Waals surface area contributed by atoms with Gasteiger partial charge in [0.15, 0.2) is 0 Å². The second kappa shape index (κ2) is 8.72. The second-order valence-corrected chi connectivity index (χ2v) is 9.49. The largest absolute Gasteiger partial charge is 0.360 e. The summed E-state index contributed by atoms with van der Waals surface area (Å²) in [6.07, 6.45) is 5.20. The minimum absolute atomic E-state index is 0.0132. The molecule has 5 rings (SSSR count). The number of nitrogens with one attached hydrogen (secondary N) is 2. The second-order valence-electron chi connectivity index (χ2n) is 9.49. The number of carbonyl (C=O) groups excluding carboxylic acids is 3. The first kappa shape index (κ1) is 22.3. The van der Waals surface area contributed by atoms with Crippen molar-refractivity contribution in [3.05, 3.63) is 72.3 Å². The molecule has 3 amide bonds. The topological polar surface area (TPSA) is 87.7 Å². The maximum absolute atomic E-state index is 13.5. The van der Waals surface area contributed by atoms with E-state index in [0.29, 0.717) is 12.2 Å². The van der Waals surface area contributed by atoms with Crippen LogP contribution in [-0.2, 0) is 25.5 Å². The van der Waals surface area contributed by atoms with Gasteiger partial charge in [-0.2, -0.15) is 0 Å². The van der Waals surface area contributed by atoms with Gasteiger partial charge in [0.25, 0.3) is 0 Å². The summed E-state index contributed by atoms with van der Waals surface area (Å²) >= 11 is 0. The highest BCUT2D eigenvalue weighted by molar-refractivity contribution is 6.03. The number of anilines is 2. The summed E-state index contributed by atoms with van der Waals surface area (Å²) in [6, 6.07) is 17.3. The fourth-order valence-corrected chi connectivity index (χ4v) is 5.38. The lowest BCUT2D eigenvalue weighted by Crippen LogP contribution is -2.46. The molecule has 0 radical (unpaired) electrons. The molecular weight excluding hydrogens is 430 g/mol. The molecule has 2 N–H and O–H groups in total. The molecule has 5 atom stereocenters. The summed E-state index contributed by atoms with van der Waals surface area (Å²) in [5.41, 5.74) is 1.85. The van der Waals surface area contributed by atoms with Crippen LogP contribution in [-0.4, -0.2) is 42.0 Å². The van der Waals surface area contributed by atoms with Crippen LogP contribution in [0, 0.1) is 11.8 Å². The van der Waals surface area contributed by atoms with Crippen molar-refractivity contribution in [2.24, 2.45) is 11.8 Å². The number of benzene rings is 2. The van der Waals surface area contributed by atoms with Crippen LogP contribution in [0.3, 0.4) is 0 Å². The molecule has 3 aliphatic rings. The first-order valence-corrected chi connectivity index (χ1v) is 11.8. The first-order valence-electron chi connectivity index (χ1n) is 11.8. The van der Waals surface area contributed by atoms with Crippen molar-refractivity contribution in [3.8, 4) is 0 Å². The number of carbonyl (C=O) groups is 3. The van der Waals surface area contributed by atoms with Gasteiger partial charge in [-0.3, -0.25) is 14.4 Å². The van der Waals surface area contributed by atoms with Crippen molar-refractivity contribution in [3.63, 3.8) is 0 Å². The van der Waals surface area contributed by atoms with Crippen LogP contribution < -0.4 is 15.5 Å². The maximum Gasteiger partial charge on any atom is 0.234 e. The summed E-state index contributed by atoms with van der Waals surface area (Å²) < 4.78 is 6.24. The molecule has 7 nitrogen and oxygen atoms in total. The van der Waals surface area contributed by atoms with E-state index < -0.39 is 17.4 Å². The van der Waals surface area contributed by atoms with Crippen LogP contribution in [0.1, 0.15) is 25.8 Å². The van der Waals surface area contributed by atoms with E-state index in [1.54, 1.807) is 29.2 Å². The Morgan fingerprint density at radius 2 is 1.88 bits per heavy atom. The third-order valence-corrected chi connectivity index (χ3v) is 7.00. The summed E-state index contributed by atoms with van der Waals surface area (Å²) in [5, 5.41) is 5.85. The summed E-state index contributed by atoms with van der Waals surface area (Å²) in [7, 11) is 0. The normalized spacial score (nSPS) is 27.5. The lowest BCUT2D eigenvalue weighted by molar-refractivity contribution is -0.132. The van der Waals surface area contributed by atoms with Crippen molar-refractivity contribution in [1.82, 2.24) is 5.32 Å². The van der Waals surface area contributed by atoms with Crippen molar-refractivity contribution < 1.29 is 19.1 Å². The smallest absolute Gasteiger partial charge is 0.234 e. The molecule has 176 valence electrons. The van der Waals surface area contributed by atoms with Crippen LogP contribution >= 0.6 is 0 Å². The quantitative estimate of drug-likeness (QED) is 0.623. The van der Waals surface area contributed by atoms with Gasteiger partial charge in [-0.25, -0.2) is 0 Å². The van der Waals surface area contributed by atoms with Gasteiger partial charge in [0, 0.05) is 24.3 Å². The highest BCUT2D eigenvalue weighted by Gasteiger charge is 2.67. The third-order valence-electron chi connectivity index (χ3n) is 7.00. The molecule has 3 aliphatic heterocycles. The fraction of sp³-hybridized carbons (Fsp3) is 0.370. The first-order chi connectivity index (χ1) is 16.4. The van der Waals surface area contributed by atoms with Gasteiger partial charge in [0.05, 0.1) is 24.5 Å². The Morgan fingerprint density at radius 3 is 2.59 bits per heavy atom. The van der Waals surface area contributed by atoms with Crippen molar-refractivity contribution in [2.45, 2.75) is 44.4 Å². The summed E-state index contributed by atoms with van der Waals surface area (Å²) in [5.74, 6) is -1.46. The van der Waals surface area contributed by atoms with E-state index in [2.05, 4.69) is 22.8 Å². The van der Waals surface area contributed by atoms with E-state index in [1.165, 1.54) is 12.5 Å². The molecule has 34 heavy (non-hydrogen) atoms. The van der Waals surface area contributed by atoms with E-state index in [0.717, 1.165) is 18.5 Å². The summed E-state index contributed by atoms with van der Waals surface area (Å²) in [6.45, 7) is 3.82. The van der Waals surface area contributed by atoms with Crippen molar-refractivity contribution in [2.75, 3.05) is 16.8 Å². The van der Waals surface area contributed by atoms with Gasteiger partial charge in [-0.05, 0) is 49.6 Å². The highest BCUT2D eigenvalue weighted by Crippen LogP contribution is 2.52. The number of hydrogen-bond donors (Lipinski definition) is 2. The van der Waals surface area contributed by atoms with Crippen LogP contribution in [0.15, 0.2) is 66.7 Å². The molecule has 0 aliphatic carbocycles. The number of hydrogen-bond acceptors (Lipinski definition) is 4. The number of rotatable bonds is 7. The van der Waals surface area contributed by atoms with Crippen LogP contribution in [0.4, 0.5) is 11.4 Å². The molecule has 7 heteroatoms. The van der Waals surface area contributed by atoms with E-state index in [1.807, 2.05) is 37.3 Å². The zero-order valence-electron chi connectivity index (χ0n) is 19.4. The lowest BCUT2D eigenvalue weighted by Gasteiger charge is -2.25. The average molecular weight is 460 g/mol. The standard InChI is InChI=1S/C27H29N3O4/c1-17(8-9-19-6-4-3-5-7-19)28-25(32)23-22-14-15-27(34-22)16-30(26(33)24(23)27)21-12-10-20(11-13-21)29-18(2)31/h3-7,10-15,17,22-24H,8-9,16H2,1-2H3,(H,28,32)(H,29,31)/t17?,22-,23?,24-,27-/m1/s1. The molecule has 0 aromatic heterocycles. The Kier molecular flexibility index (Phi) is 5.73. The predicted molar refractivity (Wildman–Crippen MR) is 129 cm³/mol. The number of amides is 3. The zero-order chi connectivity index (χ0) is 23.9. The van der Waals surface area contributed by atoms with E-state index in [-0.39, 0.29) is 29.9 Å². The number of aryl methyl sites for hydroxylation is 1. The zero-order valence-corrected chi connectivity index (χ0v) is 19.4. The fourth-order valence-electron chi connectivity index (χ4n) is 5.38. The number of nitrogens with zero attached hydrogens (tertiary/aromatic N) is 1. The minimum Gasteiger partial charge on any atom is -0.360 e. The molecule has 2 aromatic rings. The van der Waals surface area contributed by atoms with Gasteiger partial charge < -0.3 is 20.3 Å². The molecule has 0 saturated carbocycles. The minimum atomic E-state index is -0.770. The van der Waals surface area contributed by atoms with Crippen molar-refractivity contribution >= 4 is 29.1 Å². The molecular formula is C27H29N3O4. The van der Waals surface area contributed by atoms with Crippen LogP contribution in [0.5, 0.6) is 0 Å². The monoisotopic (exact) mass is 459 g/mol. The SMILES string of the molecule is CC(=O)Nc1ccc(N2C[C@@]34C=C[C@@H](O3)C(C(=O)NC(C)CCc3ccccc3)[C@@H]4C2=O)cc1. The van der Waals surface area contributed by atoms with Gasteiger partial charge in [-0.1, -0.05) is 42.5 Å². The molecule has 1 spiro atoms. The Balaban J connectivity index is 1.27. The van der Waals surface area contributed by atoms with E-state index >= 15 is 0 Å². The van der Waals surface area contributed by atoms with E-state index in [9.17, 15) is 14.4 Å². The number of fused-ring (bicyclic) bond motifs is 1. The highest BCUT2D eigenvalue weighted by atomic mass is 16.5. The third kappa shape index (κ3) is 4.01. The Labute approximate surface area is 199 Å². The Morgan fingerprint density at radius 1 is 1.15 bits per heavy atom. The molecule has 2 aromatic carbocycles. The van der Waals surface area contributed by atoms with Gasteiger partial charge in [0.1, 0.15) is 5.60 Å². The van der Waals surface area contributed by atoms with E-state index in [4.69, 9.17) is 4.74 Å². The molecule has 2 fully saturated rings. The molecule has 3 heterocycles. The maximum atomic E-state index is 13.5. The van der Waals surface area contributed by atoms with Gasteiger partial charge in [0.2, 0.25) is 17.7 Å². The van der Waals surface area contributed by atoms with Crippen LogP contribution in [0.25, 0.3) is 0 Å². The van der Waals surface area contributed by atoms with Gasteiger partial charge in [-0.15, -0.1) is 0 Å². The van der Waals surface area contributed by atoms with Crippen LogP contribution in [0.2, 0.25) is 0 Å².